The molecule has 0 saturated heterocycles. The molecule has 2 aromatic rings. The van der Waals surface area contributed by atoms with Crippen LogP contribution >= 0.6 is 0 Å². The molecule has 1 aromatic heterocycles. The molecule has 0 saturated carbocycles. The number of para-hydroxylation sites is 1. The number of carbonyl (C=O) groups excluding carboxylic acids is 1. The number of pyridine rings is 1. The Balaban J connectivity index is 1.91. The van der Waals surface area contributed by atoms with Gasteiger partial charge < -0.3 is 4.74 Å². The summed E-state index contributed by atoms with van der Waals surface area (Å²) in [5.74, 6) is 0.980. The number of ether oxygens (including phenoxy) is 1. The SMILES string of the molecule is CCCCCCOc1ccccc1C(=O)/C=N/Nc1ccccn1. The number of anilines is 1. The molecule has 1 N–H and O–H groups in total. The highest BCUT2D eigenvalue weighted by Crippen LogP contribution is 2.18. The molecule has 2 rings (SSSR count). The van der Waals surface area contributed by atoms with Gasteiger partial charge in [0.05, 0.1) is 18.4 Å². The summed E-state index contributed by atoms with van der Waals surface area (Å²) in [6.07, 6.45) is 7.42. The van der Waals surface area contributed by atoms with Crippen molar-refractivity contribution in [1.82, 2.24) is 4.98 Å². The number of rotatable bonds is 10. The van der Waals surface area contributed by atoms with Crippen molar-refractivity contribution in [3.63, 3.8) is 0 Å². The number of hydrazone groups is 1. The molecule has 5 nitrogen and oxygen atoms in total. The second-order valence-corrected chi connectivity index (χ2v) is 5.35. The van der Waals surface area contributed by atoms with Crippen LogP contribution in [-0.2, 0) is 0 Å². The normalized spacial score (nSPS) is 10.7. The molecule has 24 heavy (non-hydrogen) atoms. The average molecular weight is 325 g/mol. The van der Waals surface area contributed by atoms with Gasteiger partial charge in [0.2, 0.25) is 5.78 Å². The molecule has 0 unspecified atom stereocenters. The van der Waals surface area contributed by atoms with E-state index in [0.717, 1.165) is 12.8 Å². The zero-order chi connectivity index (χ0) is 17.0. The smallest absolute Gasteiger partial charge is 0.209 e. The van der Waals surface area contributed by atoms with E-state index in [0.29, 0.717) is 23.7 Å². The maximum Gasteiger partial charge on any atom is 0.209 e. The van der Waals surface area contributed by atoms with Crippen LogP contribution in [0.15, 0.2) is 53.8 Å². The third kappa shape index (κ3) is 5.83. The monoisotopic (exact) mass is 325 g/mol. The summed E-state index contributed by atoms with van der Waals surface area (Å²) in [5.41, 5.74) is 3.24. The maximum atomic E-state index is 12.3. The molecular weight excluding hydrogens is 302 g/mol. The van der Waals surface area contributed by atoms with Crippen LogP contribution in [0, 0.1) is 0 Å². The molecule has 1 aromatic carbocycles. The Morgan fingerprint density at radius 1 is 1.17 bits per heavy atom. The summed E-state index contributed by atoms with van der Waals surface area (Å²) in [7, 11) is 0. The van der Waals surface area contributed by atoms with E-state index in [-0.39, 0.29) is 5.78 Å². The van der Waals surface area contributed by atoms with E-state index < -0.39 is 0 Å². The highest BCUT2D eigenvalue weighted by Gasteiger charge is 2.10. The molecule has 0 spiro atoms. The third-order valence-corrected chi connectivity index (χ3v) is 3.43. The summed E-state index contributed by atoms with van der Waals surface area (Å²) in [6.45, 7) is 2.79. The van der Waals surface area contributed by atoms with E-state index in [4.69, 9.17) is 4.74 Å². The second-order valence-electron chi connectivity index (χ2n) is 5.35. The summed E-state index contributed by atoms with van der Waals surface area (Å²) in [4.78, 5) is 16.4. The van der Waals surface area contributed by atoms with Gasteiger partial charge in [0.1, 0.15) is 11.6 Å². The highest BCUT2D eigenvalue weighted by atomic mass is 16.5. The molecule has 0 amide bonds. The van der Waals surface area contributed by atoms with Gasteiger partial charge in [-0.2, -0.15) is 5.10 Å². The highest BCUT2D eigenvalue weighted by molar-refractivity contribution is 6.36. The predicted molar refractivity (Wildman–Crippen MR) is 96.8 cm³/mol. The fourth-order valence-electron chi connectivity index (χ4n) is 2.16. The summed E-state index contributed by atoms with van der Waals surface area (Å²) in [6, 6.07) is 12.7. The standard InChI is InChI=1S/C19H23N3O2/c1-2-3-4-9-14-24-18-11-6-5-10-16(18)17(23)15-21-22-19-12-7-8-13-20-19/h5-8,10-13,15H,2-4,9,14H2,1H3,(H,20,22)/b21-15+. The molecule has 0 atom stereocenters. The van der Waals surface area contributed by atoms with E-state index in [1.54, 1.807) is 18.3 Å². The zero-order valence-corrected chi connectivity index (χ0v) is 13.9. The average Bonchev–Trinajstić information content (AvgIpc) is 2.63. The van der Waals surface area contributed by atoms with Gasteiger partial charge >= 0.3 is 0 Å². The van der Waals surface area contributed by atoms with Crippen LogP contribution in [0.1, 0.15) is 43.0 Å². The molecule has 0 aliphatic carbocycles. The number of hydrogen-bond donors (Lipinski definition) is 1. The van der Waals surface area contributed by atoms with Crippen molar-refractivity contribution in [2.45, 2.75) is 32.6 Å². The minimum atomic E-state index is -0.206. The Morgan fingerprint density at radius 2 is 2.00 bits per heavy atom. The van der Waals surface area contributed by atoms with Gasteiger partial charge in [0, 0.05) is 6.20 Å². The van der Waals surface area contributed by atoms with Crippen LogP contribution in [-0.4, -0.2) is 23.6 Å². The van der Waals surface area contributed by atoms with Crippen LogP contribution in [0.5, 0.6) is 5.75 Å². The molecule has 0 aliphatic heterocycles. The number of nitrogens with zero attached hydrogens (tertiary/aromatic N) is 2. The molecule has 5 heteroatoms. The molecule has 0 aliphatic rings. The number of nitrogens with one attached hydrogen (secondary N) is 1. The fourth-order valence-corrected chi connectivity index (χ4v) is 2.16. The molecule has 0 bridgehead atoms. The van der Waals surface area contributed by atoms with Gasteiger partial charge in [-0.15, -0.1) is 0 Å². The molecule has 0 fully saturated rings. The third-order valence-electron chi connectivity index (χ3n) is 3.43. The molecular formula is C19H23N3O2. The fraction of sp³-hybridized carbons (Fsp3) is 0.316. The Hall–Kier alpha value is -2.69. The van der Waals surface area contributed by atoms with Crippen molar-refractivity contribution in [2.75, 3.05) is 12.0 Å². The van der Waals surface area contributed by atoms with Gasteiger partial charge in [0.25, 0.3) is 0 Å². The Morgan fingerprint density at radius 3 is 2.79 bits per heavy atom. The van der Waals surface area contributed by atoms with Crippen LogP contribution in [0.3, 0.4) is 0 Å². The Kier molecular flexibility index (Phi) is 7.47. The summed E-state index contributed by atoms with van der Waals surface area (Å²) < 4.78 is 5.75. The van der Waals surface area contributed by atoms with Crippen molar-refractivity contribution in [2.24, 2.45) is 5.10 Å². The van der Waals surface area contributed by atoms with Gasteiger partial charge in [-0.1, -0.05) is 44.4 Å². The van der Waals surface area contributed by atoms with Gasteiger partial charge in [-0.25, -0.2) is 4.98 Å². The number of Topliss-reactive ketones (excluding diaryl/α,β-unsaturated/α-hetero) is 1. The largest absolute Gasteiger partial charge is 0.493 e. The van der Waals surface area contributed by atoms with Crippen molar-refractivity contribution in [3.8, 4) is 5.75 Å². The van der Waals surface area contributed by atoms with E-state index in [9.17, 15) is 4.79 Å². The molecule has 126 valence electrons. The van der Waals surface area contributed by atoms with E-state index in [2.05, 4.69) is 22.4 Å². The minimum absolute atomic E-state index is 0.206. The zero-order valence-electron chi connectivity index (χ0n) is 13.9. The topological polar surface area (TPSA) is 63.6 Å². The van der Waals surface area contributed by atoms with Crippen molar-refractivity contribution < 1.29 is 9.53 Å². The number of benzene rings is 1. The lowest BCUT2D eigenvalue weighted by atomic mass is 10.1. The van der Waals surface area contributed by atoms with E-state index in [1.807, 2.05) is 30.3 Å². The number of ketones is 1. The first-order chi connectivity index (χ1) is 11.8. The first kappa shape index (κ1) is 17.7. The van der Waals surface area contributed by atoms with Crippen molar-refractivity contribution in [1.29, 1.82) is 0 Å². The lowest BCUT2D eigenvalue weighted by Gasteiger charge is -2.09. The van der Waals surface area contributed by atoms with Crippen LogP contribution in [0.4, 0.5) is 5.82 Å². The second kappa shape index (κ2) is 10.2. The van der Waals surface area contributed by atoms with Crippen LogP contribution in [0.25, 0.3) is 0 Å². The number of unbranched alkanes of at least 4 members (excludes halogenated alkanes) is 3. The lowest BCUT2D eigenvalue weighted by molar-refractivity contribution is 0.106. The summed E-state index contributed by atoms with van der Waals surface area (Å²) >= 11 is 0. The minimum Gasteiger partial charge on any atom is -0.493 e. The first-order valence-electron chi connectivity index (χ1n) is 8.27. The quantitative estimate of drug-likeness (QED) is 0.306. The van der Waals surface area contributed by atoms with Gasteiger partial charge in [-0.05, 0) is 30.7 Å². The van der Waals surface area contributed by atoms with E-state index in [1.165, 1.54) is 19.1 Å². The van der Waals surface area contributed by atoms with Gasteiger partial charge in [-0.3, -0.25) is 10.2 Å². The Bertz CT molecular complexity index is 657. The number of carbonyl (C=O) groups is 1. The Labute approximate surface area is 142 Å². The molecule has 1 heterocycles. The van der Waals surface area contributed by atoms with Crippen molar-refractivity contribution >= 4 is 17.8 Å². The van der Waals surface area contributed by atoms with E-state index >= 15 is 0 Å². The van der Waals surface area contributed by atoms with Crippen LogP contribution < -0.4 is 10.2 Å². The summed E-state index contributed by atoms with van der Waals surface area (Å²) in [5, 5.41) is 3.94. The van der Waals surface area contributed by atoms with Crippen LogP contribution in [0.2, 0.25) is 0 Å². The first-order valence-corrected chi connectivity index (χ1v) is 8.27. The maximum absolute atomic E-state index is 12.3. The number of hydrogen-bond acceptors (Lipinski definition) is 5. The number of aromatic nitrogens is 1. The molecule has 0 radical (unpaired) electrons. The predicted octanol–water partition coefficient (Wildman–Crippen LogP) is 4.32. The van der Waals surface area contributed by atoms with Gasteiger partial charge in [0.15, 0.2) is 0 Å². The van der Waals surface area contributed by atoms with Crippen molar-refractivity contribution in [3.05, 3.63) is 54.2 Å². The lowest BCUT2D eigenvalue weighted by Crippen LogP contribution is -2.07.